The van der Waals surface area contributed by atoms with Crippen molar-refractivity contribution >= 4 is 5.69 Å². The fourth-order valence-electron chi connectivity index (χ4n) is 2.33. The van der Waals surface area contributed by atoms with Crippen LogP contribution in [-0.2, 0) is 6.42 Å². The maximum Gasteiger partial charge on any atom is 0.122 e. The van der Waals surface area contributed by atoms with Crippen molar-refractivity contribution in [3.63, 3.8) is 0 Å². The Morgan fingerprint density at radius 1 is 1.20 bits per heavy atom. The van der Waals surface area contributed by atoms with Gasteiger partial charge in [-0.05, 0) is 55.7 Å². The average Bonchev–Trinajstić information content (AvgIpc) is 2.42. The number of para-hydroxylation sites is 1. The molecule has 2 aromatic rings. The number of phenols is 1. The van der Waals surface area contributed by atoms with Gasteiger partial charge >= 0.3 is 0 Å². The molecular formula is C17H21NO2. The molecule has 0 saturated carbocycles. The number of aryl methyl sites for hydroxylation is 1. The van der Waals surface area contributed by atoms with E-state index in [1.54, 1.807) is 19.2 Å². The highest BCUT2D eigenvalue weighted by atomic mass is 16.5. The van der Waals surface area contributed by atoms with Crippen LogP contribution in [-0.4, -0.2) is 18.3 Å². The third kappa shape index (κ3) is 3.44. The van der Waals surface area contributed by atoms with Crippen LogP contribution >= 0.6 is 0 Å². The summed E-state index contributed by atoms with van der Waals surface area (Å²) in [6.45, 7) is 4.12. The van der Waals surface area contributed by atoms with E-state index in [9.17, 15) is 5.11 Å². The number of aromatic hydroxyl groups is 1. The van der Waals surface area contributed by atoms with Gasteiger partial charge < -0.3 is 15.2 Å². The van der Waals surface area contributed by atoms with E-state index in [0.717, 1.165) is 23.4 Å². The van der Waals surface area contributed by atoms with Gasteiger partial charge in [-0.3, -0.25) is 0 Å². The lowest BCUT2D eigenvalue weighted by Gasteiger charge is -2.18. The zero-order valence-electron chi connectivity index (χ0n) is 12.2. The molecule has 1 unspecified atom stereocenters. The summed E-state index contributed by atoms with van der Waals surface area (Å²) in [6.07, 6.45) is 0.879. The third-order valence-corrected chi connectivity index (χ3v) is 3.33. The Hall–Kier alpha value is -2.16. The van der Waals surface area contributed by atoms with Crippen molar-refractivity contribution in [1.29, 1.82) is 0 Å². The Kier molecular flexibility index (Phi) is 4.51. The van der Waals surface area contributed by atoms with Crippen molar-refractivity contribution in [2.24, 2.45) is 0 Å². The Morgan fingerprint density at radius 2 is 1.95 bits per heavy atom. The molecule has 0 radical (unpaired) electrons. The molecule has 0 aliphatic carbocycles. The first kappa shape index (κ1) is 14.3. The van der Waals surface area contributed by atoms with Crippen LogP contribution in [0.2, 0.25) is 0 Å². The van der Waals surface area contributed by atoms with Crippen LogP contribution in [0, 0.1) is 6.92 Å². The summed E-state index contributed by atoms with van der Waals surface area (Å²) >= 11 is 0. The molecule has 0 fully saturated rings. The van der Waals surface area contributed by atoms with Crippen LogP contribution in [0.25, 0.3) is 0 Å². The topological polar surface area (TPSA) is 41.5 Å². The van der Waals surface area contributed by atoms with Gasteiger partial charge in [0.2, 0.25) is 0 Å². The fraction of sp³-hybridized carbons (Fsp3) is 0.294. The highest BCUT2D eigenvalue weighted by molar-refractivity contribution is 5.54. The van der Waals surface area contributed by atoms with Gasteiger partial charge in [-0.15, -0.1) is 0 Å². The molecule has 0 aromatic heterocycles. The SMILES string of the molecule is COc1ccccc1CC(C)Nc1ccc(O)cc1C. The zero-order chi connectivity index (χ0) is 14.5. The standard InChI is InChI=1S/C17H21NO2/c1-12-10-15(19)8-9-16(12)18-13(2)11-14-6-4-5-7-17(14)20-3/h4-10,13,18-19H,11H2,1-3H3. The van der Waals surface area contributed by atoms with E-state index in [4.69, 9.17) is 4.74 Å². The summed E-state index contributed by atoms with van der Waals surface area (Å²) in [6, 6.07) is 13.7. The maximum absolute atomic E-state index is 9.43. The van der Waals surface area contributed by atoms with E-state index in [-0.39, 0.29) is 6.04 Å². The predicted molar refractivity (Wildman–Crippen MR) is 82.6 cm³/mol. The number of ether oxygens (including phenoxy) is 1. The minimum absolute atomic E-state index is 0.273. The Balaban J connectivity index is 2.07. The van der Waals surface area contributed by atoms with Crippen LogP contribution < -0.4 is 10.1 Å². The number of rotatable bonds is 5. The maximum atomic E-state index is 9.43. The molecule has 3 heteroatoms. The quantitative estimate of drug-likeness (QED) is 0.814. The second-order valence-corrected chi connectivity index (χ2v) is 5.06. The second kappa shape index (κ2) is 6.33. The first-order chi connectivity index (χ1) is 9.60. The first-order valence-electron chi connectivity index (χ1n) is 6.78. The largest absolute Gasteiger partial charge is 0.508 e. The lowest BCUT2D eigenvalue weighted by molar-refractivity contribution is 0.409. The van der Waals surface area contributed by atoms with Crippen LogP contribution in [0.1, 0.15) is 18.1 Å². The molecule has 2 N–H and O–H groups in total. The molecule has 0 aliphatic rings. The lowest BCUT2D eigenvalue weighted by atomic mass is 10.1. The van der Waals surface area contributed by atoms with Gasteiger partial charge in [0.15, 0.2) is 0 Å². The Morgan fingerprint density at radius 3 is 2.65 bits per heavy atom. The molecule has 0 saturated heterocycles. The molecule has 3 nitrogen and oxygen atoms in total. The second-order valence-electron chi connectivity index (χ2n) is 5.06. The van der Waals surface area contributed by atoms with Crippen LogP contribution in [0.15, 0.2) is 42.5 Å². The number of phenolic OH excluding ortho intramolecular Hbond substituents is 1. The smallest absolute Gasteiger partial charge is 0.122 e. The van der Waals surface area contributed by atoms with Crippen LogP contribution in [0.3, 0.4) is 0 Å². The van der Waals surface area contributed by atoms with Gasteiger partial charge in [0.25, 0.3) is 0 Å². The summed E-state index contributed by atoms with van der Waals surface area (Å²) in [4.78, 5) is 0. The molecule has 0 heterocycles. The molecule has 2 aromatic carbocycles. The van der Waals surface area contributed by atoms with Gasteiger partial charge in [-0.1, -0.05) is 18.2 Å². The molecule has 2 rings (SSSR count). The number of hydrogen-bond donors (Lipinski definition) is 2. The van der Waals surface area contributed by atoms with E-state index < -0.39 is 0 Å². The predicted octanol–water partition coefficient (Wildman–Crippen LogP) is 3.75. The fourth-order valence-corrected chi connectivity index (χ4v) is 2.33. The minimum atomic E-state index is 0.273. The van der Waals surface area contributed by atoms with Gasteiger partial charge in [0.05, 0.1) is 7.11 Å². The van der Waals surface area contributed by atoms with Crippen molar-refractivity contribution in [3.05, 3.63) is 53.6 Å². The monoisotopic (exact) mass is 271 g/mol. The number of hydrogen-bond acceptors (Lipinski definition) is 3. The van der Waals surface area contributed by atoms with Gasteiger partial charge in [-0.2, -0.15) is 0 Å². The highest BCUT2D eigenvalue weighted by Crippen LogP contribution is 2.23. The van der Waals surface area contributed by atoms with Gasteiger partial charge in [0, 0.05) is 11.7 Å². The van der Waals surface area contributed by atoms with Crippen molar-refractivity contribution in [2.45, 2.75) is 26.3 Å². The normalized spacial score (nSPS) is 11.9. The molecular weight excluding hydrogens is 250 g/mol. The van der Waals surface area contributed by atoms with Crippen molar-refractivity contribution in [2.75, 3.05) is 12.4 Å². The molecule has 106 valence electrons. The minimum Gasteiger partial charge on any atom is -0.508 e. The number of methoxy groups -OCH3 is 1. The molecule has 0 amide bonds. The zero-order valence-corrected chi connectivity index (χ0v) is 12.2. The summed E-state index contributed by atoms with van der Waals surface area (Å²) in [5.41, 5.74) is 3.27. The summed E-state index contributed by atoms with van der Waals surface area (Å²) in [5, 5.41) is 12.9. The van der Waals surface area contributed by atoms with Crippen molar-refractivity contribution < 1.29 is 9.84 Å². The first-order valence-corrected chi connectivity index (χ1v) is 6.78. The number of anilines is 1. The molecule has 1 atom stereocenters. The average molecular weight is 271 g/mol. The van der Waals surface area contributed by atoms with E-state index in [2.05, 4.69) is 18.3 Å². The van der Waals surface area contributed by atoms with E-state index >= 15 is 0 Å². The summed E-state index contributed by atoms with van der Waals surface area (Å²) < 4.78 is 5.38. The highest BCUT2D eigenvalue weighted by Gasteiger charge is 2.09. The van der Waals surface area contributed by atoms with Gasteiger partial charge in [-0.25, -0.2) is 0 Å². The van der Waals surface area contributed by atoms with E-state index in [1.807, 2.05) is 31.2 Å². The molecule has 0 aliphatic heterocycles. The molecule has 20 heavy (non-hydrogen) atoms. The van der Waals surface area contributed by atoms with E-state index in [1.165, 1.54) is 5.56 Å². The number of nitrogens with one attached hydrogen (secondary N) is 1. The number of benzene rings is 2. The van der Waals surface area contributed by atoms with Crippen LogP contribution in [0.4, 0.5) is 5.69 Å². The van der Waals surface area contributed by atoms with Crippen LogP contribution in [0.5, 0.6) is 11.5 Å². The van der Waals surface area contributed by atoms with Gasteiger partial charge in [0.1, 0.15) is 11.5 Å². The third-order valence-electron chi connectivity index (χ3n) is 3.33. The summed E-state index contributed by atoms with van der Waals surface area (Å²) in [5.74, 6) is 1.22. The lowest BCUT2D eigenvalue weighted by Crippen LogP contribution is -2.19. The molecule has 0 bridgehead atoms. The van der Waals surface area contributed by atoms with Crippen molar-refractivity contribution in [3.8, 4) is 11.5 Å². The Bertz CT molecular complexity index is 581. The Labute approximate surface area is 120 Å². The van der Waals surface area contributed by atoms with Crippen molar-refractivity contribution in [1.82, 2.24) is 0 Å². The summed E-state index contributed by atoms with van der Waals surface area (Å²) in [7, 11) is 1.70. The molecule has 0 spiro atoms. The van der Waals surface area contributed by atoms with E-state index in [0.29, 0.717) is 5.75 Å².